The smallest absolute Gasteiger partial charge is 0.273 e. The number of aryl methyl sites for hydroxylation is 3. The highest BCUT2D eigenvalue weighted by atomic mass is 35.5. The minimum absolute atomic E-state index is 0.152. The maximum atomic E-state index is 12.2. The first-order valence-electron chi connectivity index (χ1n) is 6.46. The molecule has 0 fully saturated rings. The Morgan fingerprint density at radius 1 is 1.45 bits per heavy atom. The van der Waals surface area contributed by atoms with Crippen LogP contribution in [0.15, 0.2) is 12.4 Å². The summed E-state index contributed by atoms with van der Waals surface area (Å²) >= 11 is 5.97. The van der Waals surface area contributed by atoms with Gasteiger partial charge in [-0.3, -0.25) is 14.2 Å². The average Bonchev–Trinajstić information content (AvgIpc) is 2.91. The lowest BCUT2D eigenvalue weighted by Crippen LogP contribution is -2.27. The fourth-order valence-corrected chi connectivity index (χ4v) is 2.34. The topological polar surface area (TPSA) is 64.7 Å². The van der Waals surface area contributed by atoms with Gasteiger partial charge in [-0.05, 0) is 20.8 Å². The molecule has 0 aliphatic heterocycles. The van der Waals surface area contributed by atoms with Crippen LogP contribution in [-0.4, -0.2) is 25.5 Å². The molecule has 1 amide bonds. The Labute approximate surface area is 122 Å². The minimum Gasteiger partial charge on any atom is -0.344 e. The van der Waals surface area contributed by atoms with E-state index < -0.39 is 0 Å². The average molecular weight is 296 g/mol. The summed E-state index contributed by atoms with van der Waals surface area (Å²) in [6.07, 6.45) is 3.54. The van der Waals surface area contributed by atoms with Crippen molar-refractivity contribution in [2.75, 3.05) is 0 Å². The Hall–Kier alpha value is -1.82. The standard InChI is InChI=1S/C13H18ClN5O/c1-5-19-6-10(9(3)16-19)8(2)15-13(20)12-11(14)7-18(4)17-12/h6-8H,5H2,1-4H3,(H,15,20). The molecular formula is C13H18ClN5O. The van der Waals surface area contributed by atoms with Gasteiger partial charge in [0, 0.05) is 31.5 Å². The van der Waals surface area contributed by atoms with Gasteiger partial charge in [0.2, 0.25) is 0 Å². The number of halogens is 1. The molecule has 0 aliphatic carbocycles. The number of hydrogen-bond acceptors (Lipinski definition) is 3. The Morgan fingerprint density at radius 3 is 2.65 bits per heavy atom. The quantitative estimate of drug-likeness (QED) is 0.939. The highest BCUT2D eigenvalue weighted by Crippen LogP contribution is 2.18. The summed E-state index contributed by atoms with van der Waals surface area (Å²) in [6, 6.07) is -0.152. The molecule has 20 heavy (non-hydrogen) atoms. The van der Waals surface area contributed by atoms with Gasteiger partial charge in [0.15, 0.2) is 5.69 Å². The van der Waals surface area contributed by atoms with Gasteiger partial charge < -0.3 is 5.32 Å². The van der Waals surface area contributed by atoms with E-state index in [4.69, 9.17) is 11.6 Å². The van der Waals surface area contributed by atoms with E-state index in [0.29, 0.717) is 5.02 Å². The number of hydrogen-bond donors (Lipinski definition) is 1. The molecule has 0 spiro atoms. The summed E-state index contributed by atoms with van der Waals surface area (Å²) in [5.74, 6) is -0.285. The van der Waals surface area contributed by atoms with Gasteiger partial charge in [0.05, 0.1) is 16.8 Å². The van der Waals surface area contributed by atoms with E-state index >= 15 is 0 Å². The first-order valence-corrected chi connectivity index (χ1v) is 6.84. The lowest BCUT2D eigenvalue weighted by atomic mass is 10.1. The van der Waals surface area contributed by atoms with Gasteiger partial charge >= 0.3 is 0 Å². The molecular weight excluding hydrogens is 278 g/mol. The molecule has 0 bridgehead atoms. The lowest BCUT2D eigenvalue weighted by Gasteiger charge is -2.12. The van der Waals surface area contributed by atoms with Crippen LogP contribution in [0.2, 0.25) is 5.02 Å². The maximum absolute atomic E-state index is 12.2. The Kier molecular flexibility index (Phi) is 4.13. The molecule has 0 radical (unpaired) electrons. The van der Waals surface area contributed by atoms with Crippen molar-refractivity contribution < 1.29 is 4.79 Å². The molecule has 0 aliphatic rings. The van der Waals surface area contributed by atoms with E-state index in [9.17, 15) is 4.79 Å². The van der Waals surface area contributed by atoms with Crippen molar-refractivity contribution >= 4 is 17.5 Å². The molecule has 2 aromatic heterocycles. The van der Waals surface area contributed by atoms with Gasteiger partial charge in [-0.25, -0.2) is 0 Å². The molecule has 1 unspecified atom stereocenters. The molecule has 1 N–H and O–H groups in total. The third-order valence-electron chi connectivity index (χ3n) is 3.12. The van der Waals surface area contributed by atoms with Gasteiger partial charge in [-0.2, -0.15) is 10.2 Å². The summed E-state index contributed by atoms with van der Waals surface area (Å²) in [5.41, 5.74) is 2.14. The van der Waals surface area contributed by atoms with Crippen LogP contribution in [0.25, 0.3) is 0 Å². The Bertz CT molecular complexity index is 631. The largest absolute Gasteiger partial charge is 0.344 e. The van der Waals surface area contributed by atoms with Crippen molar-refractivity contribution in [2.45, 2.75) is 33.4 Å². The molecule has 6 nitrogen and oxygen atoms in total. The zero-order valence-electron chi connectivity index (χ0n) is 12.0. The molecule has 2 rings (SSSR count). The third kappa shape index (κ3) is 2.85. The summed E-state index contributed by atoms with van der Waals surface area (Å²) in [6.45, 7) is 6.66. The monoisotopic (exact) mass is 295 g/mol. The van der Waals surface area contributed by atoms with Crippen molar-refractivity contribution in [1.82, 2.24) is 24.9 Å². The minimum atomic E-state index is -0.285. The zero-order valence-corrected chi connectivity index (χ0v) is 12.8. The number of nitrogens with zero attached hydrogens (tertiary/aromatic N) is 4. The van der Waals surface area contributed by atoms with Crippen LogP contribution in [0.3, 0.4) is 0 Å². The van der Waals surface area contributed by atoms with Crippen LogP contribution < -0.4 is 5.32 Å². The molecule has 7 heteroatoms. The van der Waals surface area contributed by atoms with E-state index in [0.717, 1.165) is 17.8 Å². The van der Waals surface area contributed by atoms with Crippen LogP contribution in [0.4, 0.5) is 0 Å². The molecule has 0 saturated heterocycles. The van der Waals surface area contributed by atoms with E-state index in [-0.39, 0.29) is 17.6 Å². The van der Waals surface area contributed by atoms with Gasteiger partial charge in [0.1, 0.15) is 0 Å². The van der Waals surface area contributed by atoms with Crippen molar-refractivity contribution in [2.24, 2.45) is 7.05 Å². The number of amides is 1. The molecule has 1 atom stereocenters. The lowest BCUT2D eigenvalue weighted by molar-refractivity contribution is 0.0934. The second kappa shape index (κ2) is 5.66. The number of aromatic nitrogens is 4. The van der Waals surface area contributed by atoms with Crippen molar-refractivity contribution in [3.63, 3.8) is 0 Å². The predicted molar refractivity (Wildman–Crippen MR) is 76.7 cm³/mol. The van der Waals surface area contributed by atoms with Crippen molar-refractivity contribution in [1.29, 1.82) is 0 Å². The van der Waals surface area contributed by atoms with Gasteiger partial charge in [-0.1, -0.05) is 11.6 Å². The van der Waals surface area contributed by atoms with Crippen LogP contribution >= 0.6 is 11.6 Å². The van der Waals surface area contributed by atoms with Crippen LogP contribution in [0, 0.1) is 6.92 Å². The molecule has 108 valence electrons. The zero-order chi connectivity index (χ0) is 14.9. The third-order valence-corrected chi connectivity index (χ3v) is 3.40. The highest BCUT2D eigenvalue weighted by Gasteiger charge is 2.19. The first kappa shape index (κ1) is 14.6. The molecule has 2 heterocycles. The second-order valence-electron chi connectivity index (χ2n) is 4.72. The van der Waals surface area contributed by atoms with E-state index in [1.165, 1.54) is 4.68 Å². The van der Waals surface area contributed by atoms with E-state index in [1.807, 2.05) is 31.6 Å². The highest BCUT2D eigenvalue weighted by molar-refractivity contribution is 6.33. The fourth-order valence-electron chi connectivity index (χ4n) is 2.08. The van der Waals surface area contributed by atoms with Crippen LogP contribution in [0.1, 0.15) is 41.6 Å². The summed E-state index contributed by atoms with van der Waals surface area (Å²) in [7, 11) is 1.72. The molecule has 0 aromatic carbocycles. The second-order valence-corrected chi connectivity index (χ2v) is 5.13. The van der Waals surface area contributed by atoms with Gasteiger partial charge in [0.25, 0.3) is 5.91 Å². The van der Waals surface area contributed by atoms with E-state index in [1.54, 1.807) is 13.2 Å². The van der Waals surface area contributed by atoms with Crippen molar-refractivity contribution in [3.05, 3.63) is 34.4 Å². The van der Waals surface area contributed by atoms with Crippen LogP contribution in [0.5, 0.6) is 0 Å². The molecule has 0 saturated carbocycles. The number of carbonyl (C=O) groups is 1. The van der Waals surface area contributed by atoms with E-state index in [2.05, 4.69) is 15.5 Å². The normalized spacial score (nSPS) is 12.4. The SMILES string of the molecule is CCn1cc(C(C)NC(=O)c2nn(C)cc2Cl)c(C)n1. The maximum Gasteiger partial charge on any atom is 0.273 e. The van der Waals surface area contributed by atoms with Gasteiger partial charge in [-0.15, -0.1) is 0 Å². The predicted octanol–water partition coefficient (Wildman–Crippen LogP) is 2.09. The first-order chi connectivity index (χ1) is 9.42. The van der Waals surface area contributed by atoms with Crippen LogP contribution in [-0.2, 0) is 13.6 Å². The number of carbonyl (C=O) groups excluding carboxylic acids is 1. The van der Waals surface area contributed by atoms with Crippen molar-refractivity contribution in [3.8, 4) is 0 Å². The number of nitrogens with one attached hydrogen (secondary N) is 1. The Morgan fingerprint density at radius 2 is 2.15 bits per heavy atom. The Balaban J connectivity index is 2.14. The summed E-state index contributed by atoms with van der Waals surface area (Å²) in [4.78, 5) is 12.2. The fraction of sp³-hybridized carbons (Fsp3) is 0.462. The molecule has 2 aromatic rings. The summed E-state index contributed by atoms with van der Waals surface area (Å²) in [5, 5.41) is 11.7. The number of rotatable bonds is 4. The summed E-state index contributed by atoms with van der Waals surface area (Å²) < 4.78 is 3.36.